The van der Waals surface area contributed by atoms with Gasteiger partial charge in [-0.1, -0.05) is 42.2 Å². The van der Waals surface area contributed by atoms with E-state index in [-0.39, 0.29) is 6.61 Å². The van der Waals surface area contributed by atoms with Gasteiger partial charge >= 0.3 is 0 Å². The quantitative estimate of drug-likeness (QED) is 0.617. The van der Waals surface area contributed by atoms with Crippen LogP contribution in [0.15, 0.2) is 48.5 Å². The molecule has 2 heteroatoms. The van der Waals surface area contributed by atoms with Crippen molar-refractivity contribution < 1.29 is 9.53 Å². The molecular formula is C17H14O2. The average molecular weight is 250 g/mol. The van der Waals surface area contributed by atoms with Gasteiger partial charge in [0.15, 0.2) is 6.29 Å². The van der Waals surface area contributed by atoms with Crippen molar-refractivity contribution in [3.05, 3.63) is 65.2 Å². The summed E-state index contributed by atoms with van der Waals surface area (Å²) in [6, 6.07) is 15.2. The highest BCUT2D eigenvalue weighted by Gasteiger charge is 2.04. The van der Waals surface area contributed by atoms with Crippen LogP contribution in [0.25, 0.3) is 0 Å². The number of rotatable bonds is 3. The topological polar surface area (TPSA) is 26.3 Å². The van der Waals surface area contributed by atoms with Crippen molar-refractivity contribution in [2.45, 2.75) is 6.92 Å². The highest BCUT2D eigenvalue weighted by Crippen LogP contribution is 2.21. The first-order chi connectivity index (χ1) is 9.31. The second-order valence-corrected chi connectivity index (χ2v) is 4.07. The maximum atomic E-state index is 10.9. The lowest BCUT2D eigenvalue weighted by molar-refractivity contribution is 0.112. The largest absolute Gasteiger partial charge is 0.480 e. The van der Waals surface area contributed by atoms with Crippen molar-refractivity contribution in [1.29, 1.82) is 0 Å². The maximum Gasteiger partial charge on any atom is 0.153 e. The molecule has 2 rings (SSSR count). The Balaban J connectivity index is 2.04. The van der Waals surface area contributed by atoms with Gasteiger partial charge < -0.3 is 4.74 Å². The molecule has 0 aliphatic carbocycles. The Bertz CT molecular complexity index is 619. The molecule has 0 amide bonds. The van der Waals surface area contributed by atoms with E-state index in [2.05, 4.69) is 11.8 Å². The van der Waals surface area contributed by atoms with Crippen LogP contribution in [-0.2, 0) is 0 Å². The summed E-state index contributed by atoms with van der Waals surface area (Å²) in [5, 5.41) is 0. The molecule has 0 radical (unpaired) electrons. The number of aldehydes is 1. The minimum atomic E-state index is 0.264. The van der Waals surface area contributed by atoms with Crippen molar-refractivity contribution in [2.24, 2.45) is 0 Å². The Hall–Kier alpha value is -2.53. The second-order valence-electron chi connectivity index (χ2n) is 4.07. The van der Waals surface area contributed by atoms with E-state index in [1.807, 2.05) is 49.4 Å². The van der Waals surface area contributed by atoms with Gasteiger partial charge in [-0.05, 0) is 30.7 Å². The number of hydrogen-bond acceptors (Lipinski definition) is 2. The molecule has 0 atom stereocenters. The number of para-hydroxylation sites is 1. The fourth-order valence-corrected chi connectivity index (χ4v) is 1.73. The predicted octanol–water partition coefficient (Wildman–Crippen LogP) is 3.24. The molecule has 0 saturated carbocycles. The van der Waals surface area contributed by atoms with Gasteiger partial charge in [0.25, 0.3) is 0 Å². The first kappa shape index (κ1) is 12.9. The Morgan fingerprint density at radius 3 is 2.63 bits per heavy atom. The first-order valence-electron chi connectivity index (χ1n) is 6.03. The van der Waals surface area contributed by atoms with Crippen LogP contribution in [0.2, 0.25) is 0 Å². The number of hydrogen-bond donors (Lipinski definition) is 0. The Kier molecular flexibility index (Phi) is 4.36. The minimum absolute atomic E-state index is 0.264. The molecule has 0 aliphatic rings. The summed E-state index contributed by atoms with van der Waals surface area (Å²) in [5.41, 5.74) is 2.44. The molecule has 0 bridgehead atoms. The summed E-state index contributed by atoms with van der Waals surface area (Å²) in [6.07, 6.45) is 0.799. The van der Waals surface area contributed by atoms with E-state index < -0.39 is 0 Å². The van der Waals surface area contributed by atoms with Crippen LogP contribution in [0.5, 0.6) is 5.75 Å². The number of carbonyl (C=O) groups excluding carboxylic acids is 1. The number of carbonyl (C=O) groups is 1. The van der Waals surface area contributed by atoms with Crippen molar-refractivity contribution in [2.75, 3.05) is 6.61 Å². The van der Waals surface area contributed by atoms with E-state index in [4.69, 9.17) is 4.74 Å². The molecule has 0 fully saturated rings. The molecule has 19 heavy (non-hydrogen) atoms. The normalized spacial score (nSPS) is 9.32. The zero-order valence-electron chi connectivity index (χ0n) is 10.7. The van der Waals surface area contributed by atoms with Gasteiger partial charge in [-0.15, -0.1) is 0 Å². The zero-order chi connectivity index (χ0) is 13.5. The first-order valence-corrected chi connectivity index (χ1v) is 6.03. The summed E-state index contributed by atoms with van der Waals surface area (Å²) in [7, 11) is 0. The van der Waals surface area contributed by atoms with Crippen LogP contribution in [0.3, 0.4) is 0 Å². The van der Waals surface area contributed by atoms with Crippen LogP contribution < -0.4 is 4.74 Å². The fourth-order valence-electron chi connectivity index (χ4n) is 1.73. The number of ether oxygens (including phenoxy) is 1. The maximum absolute atomic E-state index is 10.9. The molecule has 0 spiro atoms. The Morgan fingerprint density at radius 2 is 1.89 bits per heavy atom. The molecule has 2 aromatic carbocycles. The van der Waals surface area contributed by atoms with Gasteiger partial charge in [0, 0.05) is 5.56 Å². The van der Waals surface area contributed by atoms with E-state index >= 15 is 0 Å². The zero-order valence-corrected chi connectivity index (χ0v) is 10.7. The summed E-state index contributed by atoms with van der Waals surface area (Å²) < 4.78 is 5.58. The molecule has 94 valence electrons. The second kappa shape index (κ2) is 6.42. The summed E-state index contributed by atoms with van der Waals surface area (Å²) >= 11 is 0. The molecule has 2 nitrogen and oxygen atoms in total. The lowest BCUT2D eigenvalue weighted by Gasteiger charge is -2.08. The predicted molar refractivity (Wildman–Crippen MR) is 75.4 cm³/mol. The SMILES string of the molecule is Cc1cccc(C=O)c1OCC#Cc1ccccc1. The fraction of sp³-hybridized carbons (Fsp3) is 0.118. The van der Waals surface area contributed by atoms with Crippen LogP contribution in [-0.4, -0.2) is 12.9 Å². The molecular weight excluding hydrogens is 236 g/mol. The molecule has 0 aliphatic heterocycles. The molecule has 0 unspecified atom stereocenters. The molecule has 0 N–H and O–H groups in total. The van der Waals surface area contributed by atoms with Crippen molar-refractivity contribution in [3.63, 3.8) is 0 Å². The molecule has 0 heterocycles. The van der Waals surface area contributed by atoms with Crippen LogP contribution in [0.4, 0.5) is 0 Å². The van der Waals surface area contributed by atoms with Gasteiger partial charge in [0.2, 0.25) is 0 Å². The molecule has 0 aromatic heterocycles. The third-order valence-corrected chi connectivity index (χ3v) is 2.66. The number of aryl methyl sites for hydroxylation is 1. The van der Waals surface area contributed by atoms with E-state index in [1.165, 1.54) is 0 Å². The van der Waals surface area contributed by atoms with Gasteiger partial charge in [-0.3, -0.25) is 4.79 Å². The van der Waals surface area contributed by atoms with Crippen molar-refractivity contribution in [1.82, 2.24) is 0 Å². The highest BCUT2D eigenvalue weighted by atomic mass is 16.5. The van der Waals surface area contributed by atoms with E-state index in [9.17, 15) is 4.79 Å². The van der Waals surface area contributed by atoms with E-state index in [0.717, 1.165) is 17.4 Å². The summed E-state index contributed by atoms with van der Waals surface area (Å²) in [4.78, 5) is 10.9. The smallest absolute Gasteiger partial charge is 0.153 e. The van der Waals surface area contributed by atoms with E-state index in [1.54, 1.807) is 6.07 Å². The highest BCUT2D eigenvalue weighted by molar-refractivity contribution is 5.80. The molecule has 2 aromatic rings. The van der Waals surface area contributed by atoms with Crippen molar-refractivity contribution >= 4 is 6.29 Å². The third-order valence-electron chi connectivity index (χ3n) is 2.66. The van der Waals surface area contributed by atoms with E-state index in [0.29, 0.717) is 11.3 Å². The Morgan fingerprint density at radius 1 is 1.11 bits per heavy atom. The average Bonchev–Trinajstić information content (AvgIpc) is 2.46. The lowest BCUT2D eigenvalue weighted by Crippen LogP contribution is -1.99. The molecule has 0 saturated heterocycles. The van der Waals surface area contributed by atoms with Crippen LogP contribution in [0.1, 0.15) is 21.5 Å². The van der Waals surface area contributed by atoms with Crippen LogP contribution >= 0.6 is 0 Å². The minimum Gasteiger partial charge on any atom is -0.480 e. The third kappa shape index (κ3) is 3.46. The van der Waals surface area contributed by atoms with Gasteiger partial charge in [-0.2, -0.15) is 0 Å². The van der Waals surface area contributed by atoms with Gasteiger partial charge in [0.05, 0.1) is 5.56 Å². The van der Waals surface area contributed by atoms with Gasteiger partial charge in [0.1, 0.15) is 12.4 Å². The monoisotopic (exact) mass is 250 g/mol. The van der Waals surface area contributed by atoms with Gasteiger partial charge in [-0.25, -0.2) is 0 Å². The summed E-state index contributed by atoms with van der Waals surface area (Å²) in [5.74, 6) is 6.56. The van der Waals surface area contributed by atoms with Crippen molar-refractivity contribution in [3.8, 4) is 17.6 Å². The van der Waals surface area contributed by atoms with Crippen LogP contribution in [0, 0.1) is 18.8 Å². The lowest BCUT2D eigenvalue weighted by atomic mass is 10.1. The Labute approximate surface area is 113 Å². The standard InChI is InChI=1S/C17H14O2/c1-14-7-5-11-16(13-18)17(14)19-12-6-10-15-8-3-2-4-9-15/h2-5,7-9,11,13H,12H2,1H3. The number of benzene rings is 2. The summed E-state index contributed by atoms with van der Waals surface area (Å²) in [6.45, 7) is 2.17.